The smallest absolute Gasteiger partial charge is 0.237 e. The predicted octanol–water partition coefficient (Wildman–Crippen LogP) is 3.83. The molecule has 24 heavy (non-hydrogen) atoms. The second kappa shape index (κ2) is 8.49. The van der Waals surface area contributed by atoms with Crippen LogP contribution in [0.1, 0.15) is 12.5 Å². The summed E-state index contributed by atoms with van der Waals surface area (Å²) in [5, 5.41) is 5.15. The van der Waals surface area contributed by atoms with Crippen molar-refractivity contribution in [3.8, 4) is 0 Å². The molecule has 0 unspecified atom stereocenters. The summed E-state index contributed by atoms with van der Waals surface area (Å²) < 4.78 is 12.8. The van der Waals surface area contributed by atoms with Gasteiger partial charge in [0, 0.05) is 11.4 Å². The van der Waals surface area contributed by atoms with Gasteiger partial charge in [-0.2, -0.15) is 0 Å². The van der Waals surface area contributed by atoms with Gasteiger partial charge in [-0.25, -0.2) is 4.39 Å². The van der Waals surface area contributed by atoms with Crippen LogP contribution in [0.15, 0.2) is 48.5 Å². The number of amides is 2. The van der Waals surface area contributed by atoms with Crippen molar-refractivity contribution in [3.63, 3.8) is 0 Å². The monoisotopic (exact) mass is 346 g/mol. The van der Waals surface area contributed by atoms with Gasteiger partial charge in [-0.15, -0.1) is 11.8 Å². The molecule has 0 saturated carbocycles. The number of thioether (sulfide) groups is 1. The number of halogens is 1. The Morgan fingerprint density at radius 2 is 1.75 bits per heavy atom. The van der Waals surface area contributed by atoms with E-state index in [4.69, 9.17) is 0 Å². The molecule has 1 atom stereocenters. The van der Waals surface area contributed by atoms with Crippen molar-refractivity contribution in [2.24, 2.45) is 0 Å². The summed E-state index contributed by atoms with van der Waals surface area (Å²) in [6.45, 7) is 3.67. The van der Waals surface area contributed by atoms with E-state index in [1.807, 2.05) is 31.2 Å². The number of nitrogens with one attached hydrogen (secondary N) is 2. The highest BCUT2D eigenvalue weighted by atomic mass is 32.2. The molecule has 0 aliphatic carbocycles. The number of anilines is 2. The lowest BCUT2D eigenvalue weighted by Crippen LogP contribution is -2.25. The summed E-state index contributed by atoms with van der Waals surface area (Å²) in [4.78, 5) is 24.0. The number of carbonyl (C=O) groups is 2. The molecule has 0 radical (unpaired) electrons. The standard InChI is InChI=1S/C18H19FN2O2S/c1-12-5-3-4-6-16(12)21-18(23)13(2)24-11-17(22)20-15-9-7-14(19)8-10-15/h3-10,13H,11H2,1-2H3,(H,20,22)(H,21,23)/t13-/m0/s1. The maximum Gasteiger partial charge on any atom is 0.237 e. The fourth-order valence-corrected chi connectivity index (χ4v) is 2.64. The normalized spacial score (nSPS) is 11.6. The van der Waals surface area contributed by atoms with Gasteiger partial charge in [0.15, 0.2) is 0 Å². The molecule has 2 N–H and O–H groups in total. The molecule has 2 aromatic rings. The van der Waals surface area contributed by atoms with E-state index in [9.17, 15) is 14.0 Å². The molecule has 6 heteroatoms. The second-order valence-electron chi connectivity index (χ2n) is 5.31. The molecular formula is C18H19FN2O2S. The fraction of sp³-hybridized carbons (Fsp3) is 0.222. The van der Waals surface area contributed by atoms with Crippen LogP contribution in [0.4, 0.5) is 15.8 Å². The van der Waals surface area contributed by atoms with Crippen LogP contribution >= 0.6 is 11.8 Å². The third-order valence-electron chi connectivity index (χ3n) is 3.36. The molecule has 4 nitrogen and oxygen atoms in total. The minimum absolute atomic E-state index is 0.139. The van der Waals surface area contributed by atoms with Crippen molar-refractivity contribution >= 4 is 35.0 Å². The van der Waals surface area contributed by atoms with Gasteiger partial charge in [-0.05, 0) is 49.7 Å². The van der Waals surface area contributed by atoms with E-state index in [1.54, 1.807) is 6.92 Å². The first-order valence-electron chi connectivity index (χ1n) is 7.49. The average Bonchev–Trinajstić information content (AvgIpc) is 2.56. The highest BCUT2D eigenvalue weighted by molar-refractivity contribution is 8.01. The second-order valence-corrected chi connectivity index (χ2v) is 6.64. The maximum absolute atomic E-state index is 12.8. The number of benzene rings is 2. The van der Waals surface area contributed by atoms with Gasteiger partial charge < -0.3 is 10.6 Å². The molecule has 2 amide bonds. The van der Waals surface area contributed by atoms with Gasteiger partial charge in [0.1, 0.15) is 5.82 Å². The van der Waals surface area contributed by atoms with Crippen LogP contribution in [-0.4, -0.2) is 22.8 Å². The lowest BCUT2D eigenvalue weighted by molar-refractivity contribution is -0.115. The van der Waals surface area contributed by atoms with Crippen molar-refractivity contribution in [1.82, 2.24) is 0 Å². The molecule has 0 aliphatic rings. The Labute approximate surface area is 144 Å². The van der Waals surface area contributed by atoms with Crippen molar-refractivity contribution in [2.45, 2.75) is 19.1 Å². The van der Waals surface area contributed by atoms with Crippen molar-refractivity contribution in [2.75, 3.05) is 16.4 Å². The summed E-state index contributed by atoms with van der Waals surface area (Å²) >= 11 is 1.24. The minimum Gasteiger partial charge on any atom is -0.325 e. The molecule has 0 heterocycles. The Hall–Kier alpha value is -2.34. The number of hydrogen-bond donors (Lipinski definition) is 2. The molecule has 126 valence electrons. The molecule has 2 aromatic carbocycles. The van der Waals surface area contributed by atoms with Crippen LogP contribution in [0.25, 0.3) is 0 Å². The van der Waals surface area contributed by atoms with Gasteiger partial charge in [0.25, 0.3) is 0 Å². The Bertz CT molecular complexity index is 719. The summed E-state index contributed by atoms with van der Waals surface area (Å²) in [5.41, 5.74) is 2.28. The first-order valence-corrected chi connectivity index (χ1v) is 8.54. The zero-order valence-corrected chi connectivity index (χ0v) is 14.3. The number of rotatable bonds is 6. The molecule has 0 saturated heterocycles. The third-order valence-corrected chi connectivity index (χ3v) is 4.51. The Kier molecular flexibility index (Phi) is 6.37. The van der Waals surface area contributed by atoms with Crippen molar-refractivity contribution < 1.29 is 14.0 Å². The number of hydrogen-bond acceptors (Lipinski definition) is 3. The van der Waals surface area contributed by atoms with Crippen LogP contribution in [0, 0.1) is 12.7 Å². The van der Waals surface area contributed by atoms with Crippen molar-refractivity contribution in [3.05, 3.63) is 59.9 Å². The minimum atomic E-state index is -0.372. The lowest BCUT2D eigenvalue weighted by atomic mass is 10.2. The van der Waals surface area contributed by atoms with Crippen LogP contribution in [0.5, 0.6) is 0 Å². The summed E-state index contributed by atoms with van der Waals surface area (Å²) in [5.74, 6) is -0.602. The van der Waals surface area contributed by atoms with Crippen LogP contribution in [-0.2, 0) is 9.59 Å². The van der Waals surface area contributed by atoms with Gasteiger partial charge in [0.2, 0.25) is 11.8 Å². The highest BCUT2D eigenvalue weighted by Gasteiger charge is 2.16. The van der Waals surface area contributed by atoms with Gasteiger partial charge >= 0.3 is 0 Å². The predicted molar refractivity (Wildman–Crippen MR) is 96.8 cm³/mol. The van der Waals surface area contributed by atoms with Gasteiger partial charge in [0.05, 0.1) is 11.0 Å². The summed E-state index contributed by atoms with van der Waals surface area (Å²) in [6.07, 6.45) is 0. The molecule has 0 bridgehead atoms. The topological polar surface area (TPSA) is 58.2 Å². The van der Waals surface area contributed by atoms with Crippen molar-refractivity contribution in [1.29, 1.82) is 0 Å². The Morgan fingerprint density at radius 1 is 1.08 bits per heavy atom. The van der Waals surface area contributed by atoms with E-state index in [0.717, 1.165) is 11.3 Å². The van der Waals surface area contributed by atoms with E-state index in [-0.39, 0.29) is 28.6 Å². The first kappa shape index (κ1) is 18.0. The largest absolute Gasteiger partial charge is 0.325 e. The number of carbonyl (C=O) groups excluding carboxylic acids is 2. The van der Waals surface area contributed by atoms with Gasteiger partial charge in [-0.1, -0.05) is 18.2 Å². The van der Waals surface area contributed by atoms with Crippen LogP contribution in [0.2, 0.25) is 0 Å². The third kappa shape index (κ3) is 5.38. The number of para-hydroxylation sites is 1. The van der Waals surface area contributed by atoms with E-state index < -0.39 is 0 Å². The summed E-state index contributed by atoms with van der Waals surface area (Å²) in [6, 6.07) is 13.1. The SMILES string of the molecule is Cc1ccccc1NC(=O)[C@H](C)SCC(=O)Nc1ccc(F)cc1. The maximum atomic E-state index is 12.8. The zero-order chi connectivity index (χ0) is 17.5. The average molecular weight is 346 g/mol. The quantitative estimate of drug-likeness (QED) is 0.836. The van der Waals surface area contributed by atoms with Crippen LogP contribution in [0.3, 0.4) is 0 Å². The molecule has 0 aliphatic heterocycles. The first-order chi connectivity index (χ1) is 11.5. The molecule has 2 rings (SSSR count). The summed E-state index contributed by atoms with van der Waals surface area (Å²) in [7, 11) is 0. The molecule has 0 fully saturated rings. The van der Waals surface area contributed by atoms with E-state index in [1.165, 1.54) is 36.0 Å². The zero-order valence-electron chi connectivity index (χ0n) is 13.5. The van der Waals surface area contributed by atoms with Crippen LogP contribution < -0.4 is 10.6 Å². The van der Waals surface area contributed by atoms with E-state index in [0.29, 0.717) is 5.69 Å². The lowest BCUT2D eigenvalue weighted by Gasteiger charge is -2.13. The van der Waals surface area contributed by atoms with E-state index >= 15 is 0 Å². The molecule has 0 spiro atoms. The molecule has 0 aromatic heterocycles. The molecular weight excluding hydrogens is 327 g/mol. The van der Waals surface area contributed by atoms with Gasteiger partial charge in [-0.3, -0.25) is 9.59 Å². The highest BCUT2D eigenvalue weighted by Crippen LogP contribution is 2.17. The Morgan fingerprint density at radius 3 is 2.42 bits per heavy atom. The fourth-order valence-electron chi connectivity index (χ4n) is 1.95. The van der Waals surface area contributed by atoms with E-state index in [2.05, 4.69) is 10.6 Å². The Balaban J connectivity index is 1.80. The number of aryl methyl sites for hydroxylation is 1.